The number of hydrogen-bond acceptors (Lipinski definition) is 4. The van der Waals surface area contributed by atoms with Crippen LogP contribution in [0.25, 0.3) is 0 Å². The molecule has 0 saturated carbocycles. The van der Waals surface area contributed by atoms with Gasteiger partial charge in [0.1, 0.15) is 6.54 Å². The van der Waals surface area contributed by atoms with Gasteiger partial charge in [-0.25, -0.2) is 9.69 Å². The Morgan fingerprint density at radius 3 is 2.21 bits per heavy atom. The van der Waals surface area contributed by atoms with E-state index in [2.05, 4.69) is 5.32 Å². The van der Waals surface area contributed by atoms with E-state index in [4.69, 9.17) is 0 Å². The van der Waals surface area contributed by atoms with Crippen molar-refractivity contribution in [1.29, 1.82) is 0 Å². The second-order valence-electron chi connectivity index (χ2n) is 4.76. The Morgan fingerprint density at radius 2 is 1.74 bits per heavy atom. The van der Waals surface area contributed by atoms with Gasteiger partial charge in [0.2, 0.25) is 5.91 Å². The van der Waals surface area contributed by atoms with Crippen LogP contribution in [-0.4, -0.2) is 53.2 Å². The van der Waals surface area contributed by atoms with Gasteiger partial charge in [-0.3, -0.25) is 19.3 Å². The van der Waals surface area contributed by atoms with Gasteiger partial charge in [-0.05, 0) is 19.3 Å². The summed E-state index contributed by atoms with van der Waals surface area (Å²) in [5.74, 6) is -1.80. The predicted octanol–water partition coefficient (Wildman–Crippen LogP) is -0.0406. The molecule has 0 atom stereocenters. The summed E-state index contributed by atoms with van der Waals surface area (Å²) in [4.78, 5) is 47.8. The molecule has 0 aliphatic carbocycles. The number of rotatable bonds is 6. The molecule has 0 spiro atoms. The van der Waals surface area contributed by atoms with E-state index in [0.29, 0.717) is 17.4 Å². The molecule has 19 heavy (non-hydrogen) atoms. The fourth-order valence-corrected chi connectivity index (χ4v) is 1.67. The number of carbonyl (C=O) groups is 4. The molecule has 7 heteroatoms. The average molecular weight is 269 g/mol. The molecule has 0 radical (unpaired) electrons. The van der Waals surface area contributed by atoms with E-state index in [0.717, 1.165) is 11.3 Å². The third kappa shape index (κ3) is 3.52. The summed E-state index contributed by atoms with van der Waals surface area (Å²) in [5, 5.41) is 2.61. The first-order chi connectivity index (χ1) is 8.88. The summed E-state index contributed by atoms with van der Waals surface area (Å²) in [5.41, 5.74) is 0. The fraction of sp³-hybridized carbons (Fsp3) is 0.667. The lowest BCUT2D eigenvalue weighted by Gasteiger charge is -2.14. The smallest absolute Gasteiger partial charge is 0.334 e. The van der Waals surface area contributed by atoms with Crippen LogP contribution in [0.2, 0.25) is 0 Å². The third-order valence-corrected chi connectivity index (χ3v) is 2.80. The minimum Gasteiger partial charge on any atom is -0.355 e. The predicted molar refractivity (Wildman–Crippen MR) is 67.0 cm³/mol. The first-order valence-corrected chi connectivity index (χ1v) is 6.32. The van der Waals surface area contributed by atoms with E-state index in [-0.39, 0.29) is 6.54 Å². The van der Waals surface area contributed by atoms with Crippen molar-refractivity contribution in [2.24, 2.45) is 5.92 Å². The monoisotopic (exact) mass is 269 g/mol. The Morgan fingerprint density at radius 1 is 1.16 bits per heavy atom. The molecule has 1 N–H and O–H groups in total. The summed E-state index contributed by atoms with van der Waals surface area (Å²) in [7, 11) is 0. The normalized spacial score (nSPS) is 15.7. The van der Waals surface area contributed by atoms with E-state index in [1.54, 1.807) is 6.92 Å². The van der Waals surface area contributed by atoms with Gasteiger partial charge in [-0.2, -0.15) is 0 Å². The van der Waals surface area contributed by atoms with Crippen LogP contribution < -0.4 is 5.32 Å². The second kappa shape index (κ2) is 6.31. The van der Waals surface area contributed by atoms with E-state index >= 15 is 0 Å². The molecule has 1 fully saturated rings. The molecule has 0 aromatic heterocycles. The zero-order chi connectivity index (χ0) is 14.6. The molecular weight excluding hydrogens is 250 g/mol. The van der Waals surface area contributed by atoms with Gasteiger partial charge in [-0.15, -0.1) is 0 Å². The molecule has 1 aliphatic rings. The quantitative estimate of drug-likeness (QED) is 0.541. The number of urea groups is 1. The van der Waals surface area contributed by atoms with Crippen molar-refractivity contribution >= 4 is 23.8 Å². The summed E-state index contributed by atoms with van der Waals surface area (Å²) in [6.45, 7) is 5.84. The summed E-state index contributed by atoms with van der Waals surface area (Å²) < 4.78 is 0. The van der Waals surface area contributed by atoms with Gasteiger partial charge in [0.15, 0.2) is 0 Å². The van der Waals surface area contributed by atoms with E-state index < -0.39 is 30.3 Å². The Labute approximate surface area is 111 Å². The molecule has 0 aromatic carbocycles. The number of amides is 5. The minimum absolute atomic E-state index is 0.120. The molecule has 1 heterocycles. The van der Waals surface area contributed by atoms with Gasteiger partial charge in [0.05, 0.1) is 0 Å². The number of nitrogens with one attached hydrogen (secondary N) is 1. The van der Waals surface area contributed by atoms with Crippen LogP contribution in [0.15, 0.2) is 0 Å². The summed E-state index contributed by atoms with van der Waals surface area (Å²) in [6, 6.07) is -0.725. The van der Waals surface area contributed by atoms with Crippen molar-refractivity contribution in [3.05, 3.63) is 0 Å². The van der Waals surface area contributed by atoms with Crippen LogP contribution >= 0.6 is 0 Å². The highest BCUT2D eigenvalue weighted by molar-refractivity contribution is 6.45. The highest BCUT2D eigenvalue weighted by Gasteiger charge is 2.44. The molecule has 106 valence electrons. The molecule has 1 aliphatic heterocycles. The van der Waals surface area contributed by atoms with Gasteiger partial charge < -0.3 is 5.32 Å². The number of carbonyl (C=O) groups excluding carboxylic acids is 4. The summed E-state index contributed by atoms with van der Waals surface area (Å²) in [6.07, 6.45) is 0.813. The van der Waals surface area contributed by atoms with Gasteiger partial charge in [0, 0.05) is 13.1 Å². The van der Waals surface area contributed by atoms with Crippen molar-refractivity contribution in [3.8, 4) is 0 Å². The standard InChI is InChI=1S/C12H19N3O4/c1-4-14-10(17)11(18)15(12(14)19)7-9(16)13-6-5-8(2)3/h8H,4-7H2,1-3H3,(H,13,16). The van der Waals surface area contributed by atoms with Crippen LogP contribution in [0, 0.1) is 5.92 Å². The lowest BCUT2D eigenvalue weighted by Crippen LogP contribution is -2.41. The van der Waals surface area contributed by atoms with Crippen LogP contribution in [-0.2, 0) is 14.4 Å². The maximum atomic E-state index is 11.7. The van der Waals surface area contributed by atoms with Crippen molar-refractivity contribution in [2.75, 3.05) is 19.6 Å². The number of nitrogens with zero attached hydrogens (tertiary/aromatic N) is 2. The Hall–Kier alpha value is -1.92. The Balaban J connectivity index is 2.53. The van der Waals surface area contributed by atoms with Crippen molar-refractivity contribution in [2.45, 2.75) is 27.2 Å². The zero-order valence-corrected chi connectivity index (χ0v) is 11.4. The molecular formula is C12H19N3O4. The van der Waals surface area contributed by atoms with Crippen molar-refractivity contribution in [1.82, 2.24) is 15.1 Å². The maximum Gasteiger partial charge on any atom is 0.334 e. The maximum absolute atomic E-state index is 11.7. The number of likely N-dealkylation sites (N-methyl/N-ethyl adjacent to an activating group) is 1. The Kier molecular flexibility index (Phi) is 5.02. The topological polar surface area (TPSA) is 86.8 Å². The van der Waals surface area contributed by atoms with Crippen LogP contribution in [0.3, 0.4) is 0 Å². The van der Waals surface area contributed by atoms with Crippen molar-refractivity contribution < 1.29 is 19.2 Å². The molecule has 5 amide bonds. The molecule has 0 unspecified atom stereocenters. The van der Waals surface area contributed by atoms with Gasteiger partial charge in [-0.1, -0.05) is 13.8 Å². The van der Waals surface area contributed by atoms with E-state index in [1.165, 1.54) is 0 Å². The van der Waals surface area contributed by atoms with Crippen LogP contribution in [0.4, 0.5) is 4.79 Å². The first kappa shape index (κ1) is 15.1. The SMILES string of the molecule is CCN1C(=O)C(=O)N(CC(=O)NCCC(C)C)C1=O. The number of imide groups is 2. The van der Waals surface area contributed by atoms with Crippen LogP contribution in [0.1, 0.15) is 27.2 Å². The molecule has 1 rings (SSSR count). The zero-order valence-electron chi connectivity index (χ0n) is 11.4. The van der Waals surface area contributed by atoms with E-state index in [1.807, 2.05) is 13.8 Å². The molecule has 0 aromatic rings. The van der Waals surface area contributed by atoms with E-state index in [9.17, 15) is 19.2 Å². The van der Waals surface area contributed by atoms with Gasteiger partial charge >= 0.3 is 17.8 Å². The van der Waals surface area contributed by atoms with Crippen LogP contribution in [0.5, 0.6) is 0 Å². The molecule has 1 saturated heterocycles. The fourth-order valence-electron chi connectivity index (χ4n) is 1.67. The first-order valence-electron chi connectivity index (χ1n) is 6.32. The summed E-state index contributed by atoms with van der Waals surface area (Å²) >= 11 is 0. The van der Waals surface area contributed by atoms with Crippen molar-refractivity contribution in [3.63, 3.8) is 0 Å². The lowest BCUT2D eigenvalue weighted by atomic mass is 10.1. The third-order valence-electron chi connectivity index (χ3n) is 2.80. The Bertz CT molecular complexity index is 406. The minimum atomic E-state index is -0.939. The van der Waals surface area contributed by atoms with Gasteiger partial charge in [0.25, 0.3) is 0 Å². The number of hydrogen-bond donors (Lipinski definition) is 1. The largest absolute Gasteiger partial charge is 0.355 e. The second-order valence-corrected chi connectivity index (χ2v) is 4.76. The average Bonchev–Trinajstić information content (AvgIpc) is 2.53. The lowest BCUT2D eigenvalue weighted by molar-refractivity contribution is -0.143. The molecule has 7 nitrogen and oxygen atoms in total. The molecule has 0 bridgehead atoms. The highest BCUT2D eigenvalue weighted by Crippen LogP contribution is 2.10. The highest BCUT2D eigenvalue weighted by atomic mass is 16.2.